The summed E-state index contributed by atoms with van der Waals surface area (Å²) in [7, 11) is 0. The van der Waals surface area contributed by atoms with Gasteiger partial charge in [-0.25, -0.2) is 4.98 Å². The summed E-state index contributed by atoms with van der Waals surface area (Å²) < 4.78 is 11.3. The summed E-state index contributed by atoms with van der Waals surface area (Å²) in [6.07, 6.45) is 0.913. The number of nitrogens with zero attached hydrogens (tertiary/aromatic N) is 1. The molecule has 2 N–H and O–H groups in total. The fourth-order valence-corrected chi connectivity index (χ4v) is 2.85. The summed E-state index contributed by atoms with van der Waals surface area (Å²) in [6.45, 7) is 3.34. The summed E-state index contributed by atoms with van der Waals surface area (Å²) in [4.78, 5) is 4.55. The monoisotopic (exact) mass is 276 g/mol. The van der Waals surface area contributed by atoms with Crippen molar-refractivity contribution in [3.8, 4) is 22.1 Å². The molecule has 4 nitrogen and oxygen atoms in total. The van der Waals surface area contributed by atoms with Crippen molar-refractivity contribution in [1.82, 2.24) is 4.98 Å². The quantitative estimate of drug-likeness (QED) is 0.916. The molecule has 0 saturated heterocycles. The Morgan fingerprint density at radius 2 is 2.05 bits per heavy atom. The maximum Gasteiger partial charge on any atom is 0.161 e. The van der Waals surface area contributed by atoms with E-state index in [1.807, 2.05) is 30.5 Å². The number of rotatable bonds is 2. The number of hydrogen-bond acceptors (Lipinski definition) is 5. The van der Waals surface area contributed by atoms with Crippen molar-refractivity contribution in [3.63, 3.8) is 0 Å². The van der Waals surface area contributed by atoms with Crippen LogP contribution in [0.1, 0.15) is 25.1 Å². The normalized spacial score (nSPS) is 15.9. The Morgan fingerprint density at radius 1 is 1.26 bits per heavy atom. The second kappa shape index (κ2) is 5.19. The van der Waals surface area contributed by atoms with Crippen LogP contribution in [-0.4, -0.2) is 18.2 Å². The predicted molar refractivity (Wildman–Crippen MR) is 75.8 cm³/mol. The van der Waals surface area contributed by atoms with Crippen molar-refractivity contribution < 1.29 is 9.47 Å². The van der Waals surface area contributed by atoms with Crippen LogP contribution in [0.15, 0.2) is 23.6 Å². The molecular weight excluding hydrogens is 260 g/mol. The molecule has 1 atom stereocenters. The van der Waals surface area contributed by atoms with E-state index in [4.69, 9.17) is 15.2 Å². The minimum absolute atomic E-state index is 0.0367. The van der Waals surface area contributed by atoms with E-state index >= 15 is 0 Å². The maximum absolute atomic E-state index is 5.84. The highest BCUT2D eigenvalue weighted by Gasteiger charge is 2.13. The van der Waals surface area contributed by atoms with Gasteiger partial charge in [0, 0.05) is 23.4 Å². The molecule has 1 aromatic carbocycles. The third-order valence-electron chi connectivity index (χ3n) is 2.98. The number of nitrogens with two attached hydrogens (primary N) is 1. The Balaban J connectivity index is 1.94. The van der Waals surface area contributed by atoms with Crippen molar-refractivity contribution in [2.45, 2.75) is 19.4 Å². The fourth-order valence-electron chi connectivity index (χ4n) is 1.92. The van der Waals surface area contributed by atoms with Gasteiger partial charge in [-0.2, -0.15) is 0 Å². The van der Waals surface area contributed by atoms with Crippen LogP contribution >= 0.6 is 11.3 Å². The van der Waals surface area contributed by atoms with E-state index in [1.165, 1.54) is 0 Å². The van der Waals surface area contributed by atoms with Crippen molar-refractivity contribution in [2.24, 2.45) is 5.73 Å². The molecule has 0 fully saturated rings. The van der Waals surface area contributed by atoms with Crippen molar-refractivity contribution in [2.75, 3.05) is 13.2 Å². The molecular formula is C14H16N2O2S. The molecule has 100 valence electrons. The molecule has 19 heavy (non-hydrogen) atoms. The van der Waals surface area contributed by atoms with Gasteiger partial charge in [0.2, 0.25) is 0 Å². The average Bonchev–Trinajstić information content (AvgIpc) is 2.78. The second-order valence-electron chi connectivity index (χ2n) is 4.58. The van der Waals surface area contributed by atoms with Gasteiger partial charge in [0.1, 0.15) is 5.01 Å². The van der Waals surface area contributed by atoms with Crippen LogP contribution < -0.4 is 15.2 Å². The molecule has 1 aromatic heterocycles. The van der Waals surface area contributed by atoms with E-state index < -0.39 is 0 Å². The number of aromatic nitrogens is 1. The second-order valence-corrected chi connectivity index (χ2v) is 5.44. The average molecular weight is 276 g/mol. The lowest BCUT2D eigenvalue weighted by Crippen LogP contribution is -2.04. The molecule has 0 bridgehead atoms. The highest BCUT2D eigenvalue weighted by Crippen LogP contribution is 2.35. The minimum atomic E-state index is -0.0367. The van der Waals surface area contributed by atoms with Gasteiger partial charge in [-0.3, -0.25) is 0 Å². The number of fused-ring (bicyclic) bond motifs is 1. The molecule has 0 aliphatic carbocycles. The largest absolute Gasteiger partial charge is 0.490 e. The van der Waals surface area contributed by atoms with E-state index in [9.17, 15) is 0 Å². The van der Waals surface area contributed by atoms with Crippen LogP contribution in [-0.2, 0) is 0 Å². The van der Waals surface area contributed by atoms with Gasteiger partial charge in [0.25, 0.3) is 0 Å². The molecule has 0 radical (unpaired) electrons. The molecule has 0 amide bonds. The Labute approximate surface area is 116 Å². The van der Waals surface area contributed by atoms with Crippen molar-refractivity contribution >= 4 is 11.3 Å². The predicted octanol–water partition coefficient (Wildman–Crippen LogP) is 2.99. The van der Waals surface area contributed by atoms with Crippen molar-refractivity contribution in [1.29, 1.82) is 0 Å². The highest BCUT2D eigenvalue weighted by atomic mass is 32.1. The first kappa shape index (κ1) is 12.4. The molecule has 2 aromatic rings. The van der Waals surface area contributed by atoms with Gasteiger partial charge in [0.05, 0.1) is 18.9 Å². The van der Waals surface area contributed by atoms with Crippen LogP contribution in [0, 0.1) is 0 Å². The first-order chi connectivity index (χ1) is 9.24. The third kappa shape index (κ3) is 2.57. The minimum Gasteiger partial charge on any atom is -0.490 e. The summed E-state index contributed by atoms with van der Waals surface area (Å²) in [5, 5.41) is 2.96. The Morgan fingerprint density at radius 3 is 2.79 bits per heavy atom. The molecule has 1 aliphatic heterocycles. The van der Waals surface area contributed by atoms with E-state index in [0.717, 1.165) is 34.2 Å². The van der Waals surface area contributed by atoms with Crippen LogP contribution in [0.3, 0.4) is 0 Å². The molecule has 3 rings (SSSR count). The zero-order chi connectivity index (χ0) is 13.2. The smallest absolute Gasteiger partial charge is 0.161 e. The van der Waals surface area contributed by atoms with Crippen LogP contribution in [0.5, 0.6) is 11.5 Å². The van der Waals surface area contributed by atoms with E-state index in [2.05, 4.69) is 4.98 Å². The van der Waals surface area contributed by atoms with E-state index in [1.54, 1.807) is 11.3 Å². The van der Waals surface area contributed by atoms with Gasteiger partial charge in [0.15, 0.2) is 11.5 Å². The number of hydrogen-bond donors (Lipinski definition) is 1. The Hall–Kier alpha value is -1.59. The van der Waals surface area contributed by atoms with Gasteiger partial charge in [-0.05, 0) is 25.1 Å². The molecule has 1 unspecified atom stereocenters. The zero-order valence-corrected chi connectivity index (χ0v) is 11.6. The SMILES string of the molecule is CC(N)c1csc(-c2ccc3c(c2)OCCCO3)n1. The maximum atomic E-state index is 5.84. The van der Waals surface area contributed by atoms with Gasteiger partial charge >= 0.3 is 0 Å². The molecule has 2 heterocycles. The number of thiazole rings is 1. The van der Waals surface area contributed by atoms with Gasteiger partial charge in [-0.1, -0.05) is 0 Å². The summed E-state index contributed by atoms with van der Waals surface area (Å²) in [5.41, 5.74) is 7.80. The van der Waals surface area contributed by atoms with Gasteiger partial charge < -0.3 is 15.2 Å². The molecule has 5 heteroatoms. The van der Waals surface area contributed by atoms with E-state index in [0.29, 0.717) is 13.2 Å². The van der Waals surface area contributed by atoms with Crippen LogP contribution in [0.4, 0.5) is 0 Å². The van der Waals surface area contributed by atoms with Gasteiger partial charge in [-0.15, -0.1) is 11.3 Å². The number of ether oxygens (including phenoxy) is 2. The molecule has 1 aliphatic rings. The lowest BCUT2D eigenvalue weighted by Gasteiger charge is -2.08. The summed E-state index contributed by atoms with van der Waals surface area (Å²) in [6, 6.07) is 5.91. The number of benzene rings is 1. The van der Waals surface area contributed by atoms with Crippen LogP contribution in [0.25, 0.3) is 10.6 Å². The Bertz CT molecular complexity index is 581. The third-order valence-corrected chi connectivity index (χ3v) is 3.89. The summed E-state index contributed by atoms with van der Waals surface area (Å²) in [5.74, 6) is 1.61. The topological polar surface area (TPSA) is 57.4 Å². The highest BCUT2D eigenvalue weighted by molar-refractivity contribution is 7.13. The first-order valence-electron chi connectivity index (χ1n) is 6.35. The summed E-state index contributed by atoms with van der Waals surface area (Å²) >= 11 is 1.60. The standard InChI is InChI=1S/C14H16N2O2S/c1-9(15)11-8-19-14(16-11)10-3-4-12-13(7-10)18-6-2-5-17-12/h3-4,7-9H,2,5-6,15H2,1H3. The van der Waals surface area contributed by atoms with E-state index in [-0.39, 0.29) is 6.04 Å². The fraction of sp³-hybridized carbons (Fsp3) is 0.357. The van der Waals surface area contributed by atoms with Crippen molar-refractivity contribution in [3.05, 3.63) is 29.3 Å². The molecule has 0 saturated carbocycles. The van der Waals surface area contributed by atoms with Crippen LogP contribution in [0.2, 0.25) is 0 Å². The lowest BCUT2D eigenvalue weighted by molar-refractivity contribution is 0.297. The lowest BCUT2D eigenvalue weighted by atomic mass is 10.2. The zero-order valence-electron chi connectivity index (χ0n) is 10.8. The first-order valence-corrected chi connectivity index (χ1v) is 7.23. The molecule has 0 spiro atoms. The Kier molecular flexibility index (Phi) is 3.40.